The zero-order valence-corrected chi connectivity index (χ0v) is 11.2. The molecule has 0 fully saturated rings. The molecule has 2 rings (SSSR count). The zero-order chi connectivity index (χ0) is 14.4. The van der Waals surface area contributed by atoms with E-state index in [1.807, 2.05) is 42.5 Å². The zero-order valence-electron chi connectivity index (χ0n) is 11.2. The molecule has 0 saturated carbocycles. The SMILES string of the molecule is NC(=O)c1ccc(CN(CCO)c2ccccc2)cc1. The van der Waals surface area contributed by atoms with Gasteiger partial charge in [-0.25, -0.2) is 0 Å². The minimum Gasteiger partial charge on any atom is -0.395 e. The molecule has 0 bridgehead atoms. The number of hydrogen-bond donors (Lipinski definition) is 2. The first-order valence-corrected chi connectivity index (χ1v) is 6.50. The van der Waals surface area contributed by atoms with Gasteiger partial charge in [-0.1, -0.05) is 30.3 Å². The van der Waals surface area contributed by atoms with Crippen molar-refractivity contribution in [2.45, 2.75) is 6.54 Å². The first kappa shape index (κ1) is 14.1. The summed E-state index contributed by atoms with van der Waals surface area (Å²) in [7, 11) is 0. The summed E-state index contributed by atoms with van der Waals surface area (Å²) in [6.45, 7) is 1.32. The fraction of sp³-hybridized carbons (Fsp3) is 0.188. The third-order valence-electron chi connectivity index (χ3n) is 3.10. The van der Waals surface area contributed by atoms with Gasteiger partial charge in [-0.3, -0.25) is 4.79 Å². The number of rotatable bonds is 6. The van der Waals surface area contributed by atoms with Crippen molar-refractivity contribution in [2.75, 3.05) is 18.1 Å². The van der Waals surface area contributed by atoms with Crippen LogP contribution in [0, 0.1) is 0 Å². The standard InChI is InChI=1S/C16H18N2O2/c17-16(20)14-8-6-13(7-9-14)12-18(10-11-19)15-4-2-1-3-5-15/h1-9,19H,10-12H2,(H2,17,20). The van der Waals surface area contributed by atoms with Crippen LogP contribution < -0.4 is 10.6 Å². The molecule has 0 aromatic heterocycles. The smallest absolute Gasteiger partial charge is 0.248 e. The van der Waals surface area contributed by atoms with Gasteiger partial charge in [-0.15, -0.1) is 0 Å². The molecule has 1 amide bonds. The fourth-order valence-corrected chi connectivity index (χ4v) is 2.05. The molecule has 4 heteroatoms. The molecule has 4 nitrogen and oxygen atoms in total. The number of aliphatic hydroxyl groups is 1. The van der Waals surface area contributed by atoms with E-state index in [0.29, 0.717) is 18.7 Å². The van der Waals surface area contributed by atoms with Crippen LogP contribution in [0.2, 0.25) is 0 Å². The monoisotopic (exact) mass is 270 g/mol. The van der Waals surface area contributed by atoms with E-state index in [9.17, 15) is 9.90 Å². The summed E-state index contributed by atoms with van der Waals surface area (Å²) in [5.41, 5.74) is 7.84. The molecule has 0 saturated heterocycles. The molecular weight excluding hydrogens is 252 g/mol. The van der Waals surface area contributed by atoms with Crippen molar-refractivity contribution in [2.24, 2.45) is 5.73 Å². The lowest BCUT2D eigenvalue weighted by molar-refractivity contribution is 0.100. The van der Waals surface area contributed by atoms with Crippen molar-refractivity contribution in [3.05, 3.63) is 65.7 Å². The van der Waals surface area contributed by atoms with Crippen molar-refractivity contribution in [1.82, 2.24) is 0 Å². The lowest BCUT2D eigenvalue weighted by Crippen LogP contribution is -2.26. The third-order valence-corrected chi connectivity index (χ3v) is 3.10. The summed E-state index contributed by atoms with van der Waals surface area (Å²) in [6, 6.07) is 17.1. The maximum Gasteiger partial charge on any atom is 0.248 e. The second-order valence-electron chi connectivity index (χ2n) is 4.54. The van der Waals surface area contributed by atoms with Gasteiger partial charge in [0.05, 0.1) is 6.61 Å². The van der Waals surface area contributed by atoms with Gasteiger partial charge in [0.1, 0.15) is 0 Å². The van der Waals surface area contributed by atoms with Crippen LogP contribution in [0.3, 0.4) is 0 Å². The Balaban J connectivity index is 2.14. The summed E-state index contributed by atoms with van der Waals surface area (Å²) in [5.74, 6) is -0.424. The second-order valence-corrected chi connectivity index (χ2v) is 4.54. The number of primary amides is 1. The summed E-state index contributed by atoms with van der Waals surface area (Å²) < 4.78 is 0. The highest BCUT2D eigenvalue weighted by molar-refractivity contribution is 5.92. The number of para-hydroxylation sites is 1. The molecule has 2 aromatic carbocycles. The van der Waals surface area contributed by atoms with E-state index in [1.54, 1.807) is 12.1 Å². The highest BCUT2D eigenvalue weighted by Gasteiger charge is 2.07. The quantitative estimate of drug-likeness (QED) is 0.841. The van der Waals surface area contributed by atoms with Gasteiger partial charge in [-0.05, 0) is 29.8 Å². The summed E-state index contributed by atoms with van der Waals surface area (Å²) >= 11 is 0. The Morgan fingerprint density at radius 3 is 2.25 bits per heavy atom. The van der Waals surface area contributed by atoms with E-state index >= 15 is 0 Å². The molecule has 3 N–H and O–H groups in total. The summed E-state index contributed by atoms with van der Waals surface area (Å²) in [5, 5.41) is 9.19. The number of carbonyl (C=O) groups is 1. The van der Waals surface area contributed by atoms with E-state index in [1.165, 1.54) is 0 Å². The highest BCUT2D eigenvalue weighted by Crippen LogP contribution is 2.16. The van der Waals surface area contributed by atoms with Crippen molar-refractivity contribution in [3.8, 4) is 0 Å². The lowest BCUT2D eigenvalue weighted by atomic mass is 10.1. The van der Waals surface area contributed by atoms with E-state index in [2.05, 4.69) is 4.90 Å². The number of nitrogens with zero attached hydrogens (tertiary/aromatic N) is 1. The molecule has 0 radical (unpaired) electrons. The van der Waals surface area contributed by atoms with Crippen molar-refractivity contribution in [3.63, 3.8) is 0 Å². The normalized spacial score (nSPS) is 10.2. The van der Waals surface area contributed by atoms with Crippen LogP contribution in [0.25, 0.3) is 0 Å². The van der Waals surface area contributed by atoms with Gasteiger partial charge < -0.3 is 15.7 Å². The predicted molar refractivity (Wildman–Crippen MR) is 79.5 cm³/mol. The Morgan fingerprint density at radius 2 is 1.70 bits per heavy atom. The number of amides is 1. The minimum atomic E-state index is -0.424. The van der Waals surface area contributed by atoms with Gasteiger partial charge in [0, 0.05) is 24.3 Å². The average Bonchev–Trinajstić information content (AvgIpc) is 2.48. The Hall–Kier alpha value is -2.33. The van der Waals surface area contributed by atoms with Crippen LogP contribution in [-0.2, 0) is 6.54 Å². The highest BCUT2D eigenvalue weighted by atomic mass is 16.3. The summed E-state index contributed by atoms with van der Waals surface area (Å²) in [4.78, 5) is 13.1. The van der Waals surface area contributed by atoms with Gasteiger partial charge in [-0.2, -0.15) is 0 Å². The molecule has 20 heavy (non-hydrogen) atoms. The Kier molecular flexibility index (Phi) is 4.74. The predicted octanol–water partition coefficient (Wildman–Crippen LogP) is 1.78. The fourth-order valence-electron chi connectivity index (χ4n) is 2.05. The third kappa shape index (κ3) is 3.59. The Morgan fingerprint density at radius 1 is 1.05 bits per heavy atom. The van der Waals surface area contributed by atoms with E-state index < -0.39 is 5.91 Å². The van der Waals surface area contributed by atoms with Gasteiger partial charge in [0.15, 0.2) is 0 Å². The molecule has 2 aromatic rings. The van der Waals surface area contributed by atoms with Crippen LogP contribution in [-0.4, -0.2) is 24.2 Å². The van der Waals surface area contributed by atoms with E-state index in [0.717, 1.165) is 11.3 Å². The van der Waals surface area contributed by atoms with E-state index in [4.69, 9.17) is 5.73 Å². The molecule has 0 atom stereocenters. The maximum atomic E-state index is 11.0. The minimum absolute atomic E-state index is 0.0915. The number of benzene rings is 2. The molecule has 0 aliphatic heterocycles. The average molecular weight is 270 g/mol. The van der Waals surface area contributed by atoms with Crippen LogP contribution in [0.15, 0.2) is 54.6 Å². The van der Waals surface area contributed by atoms with Crippen molar-refractivity contribution < 1.29 is 9.90 Å². The Bertz CT molecular complexity index is 552. The first-order valence-electron chi connectivity index (χ1n) is 6.50. The van der Waals surface area contributed by atoms with Crippen LogP contribution in [0.1, 0.15) is 15.9 Å². The molecule has 0 spiro atoms. The van der Waals surface area contributed by atoms with Crippen LogP contribution in [0.4, 0.5) is 5.69 Å². The summed E-state index contributed by atoms with van der Waals surface area (Å²) in [6.07, 6.45) is 0. The number of anilines is 1. The molecule has 0 unspecified atom stereocenters. The lowest BCUT2D eigenvalue weighted by Gasteiger charge is -2.24. The largest absolute Gasteiger partial charge is 0.395 e. The second kappa shape index (κ2) is 6.73. The van der Waals surface area contributed by atoms with Gasteiger partial charge in [0.25, 0.3) is 0 Å². The molecular formula is C16H18N2O2. The topological polar surface area (TPSA) is 66.6 Å². The van der Waals surface area contributed by atoms with Gasteiger partial charge >= 0.3 is 0 Å². The number of nitrogens with two attached hydrogens (primary N) is 1. The maximum absolute atomic E-state index is 11.0. The Labute approximate surface area is 118 Å². The van der Waals surface area contributed by atoms with Crippen LogP contribution >= 0.6 is 0 Å². The van der Waals surface area contributed by atoms with E-state index in [-0.39, 0.29) is 6.61 Å². The molecule has 104 valence electrons. The first-order chi connectivity index (χ1) is 9.70. The van der Waals surface area contributed by atoms with Crippen molar-refractivity contribution in [1.29, 1.82) is 0 Å². The number of hydrogen-bond acceptors (Lipinski definition) is 3. The number of aliphatic hydroxyl groups excluding tert-OH is 1. The molecule has 0 heterocycles. The van der Waals surface area contributed by atoms with Gasteiger partial charge in [0.2, 0.25) is 5.91 Å². The van der Waals surface area contributed by atoms with Crippen molar-refractivity contribution >= 4 is 11.6 Å². The van der Waals surface area contributed by atoms with Crippen LogP contribution in [0.5, 0.6) is 0 Å². The number of carbonyl (C=O) groups excluding carboxylic acids is 1. The molecule has 0 aliphatic carbocycles. The molecule has 0 aliphatic rings.